The van der Waals surface area contributed by atoms with Crippen LogP contribution in [0.2, 0.25) is 0 Å². The number of rotatable bonds is 11. The number of nitrogens with one attached hydrogen (secondary N) is 3. The molecule has 0 radical (unpaired) electrons. The lowest BCUT2D eigenvalue weighted by molar-refractivity contribution is -0.142. The van der Waals surface area contributed by atoms with Gasteiger partial charge in [0.1, 0.15) is 23.7 Å². The van der Waals surface area contributed by atoms with Crippen molar-refractivity contribution < 1.29 is 32.3 Å². The predicted octanol–water partition coefficient (Wildman–Crippen LogP) is 3.95. The Morgan fingerprint density at radius 1 is 1.00 bits per heavy atom. The van der Waals surface area contributed by atoms with Gasteiger partial charge in [0.15, 0.2) is 0 Å². The lowest BCUT2D eigenvalue weighted by Gasteiger charge is -2.35. The fourth-order valence-electron chi connectivity index (χ4n) is 7.03. The second-order valence-corrected chi connectivity index (χ2v) is 17.3. The number of alkyl carbamates (subject to hydrolysis) is 1. The number of hydrogen-bond acceptors (Lipinski definition) is 9. The molecule has 6 rings (SSSR count). The zero-order chi connectivity index (χ0) is 37.4. The first-order valence-corrected chi connectivity index (χ1v) is 19.3. The van der Waals surface area contributed by atoms with Crippen LogP contribution < -0.4 is 20.3 Å². The third-order valence-electron chi connectivity index (χ3n) is 10.5. The van der Waals surface area contributed by atoms with Crippen LogP contribution in [0.3, 0.4) is 0 Å². The van der Waals surface area contributed by atoms with Gasteiger partial charge in [0.25, 0.3) is 5.91 Å². The van der Waals surface area contributed by atoms with Gasteiger partial charge in [0.05, 0.1) is 23.6 Å². The van der Waals surface area contributed by atoms with Gasteiger partial charge in [0, 0.05) is 18.2 Å². The first kappa shape index (κ1) is 36.9. The largest absolute Gasteiger partial charge is 0.446 e. The standard InChI is InChI=1S/C38H46N6O7S/c1-5-27-20-38(27,35(47)42-52(49,50)30-18-19-30)41-33(45)31-22-43(28-16-14-26(15-17-28)25-12-10-24(21-39)11-13-25)23-44(31)34(46)32(37(2,3)4)40-36(48)51-29-8-6-7-9-29/h5,10-17,27,29-32H,1,6-9,18-20,22-23H2,2-4H3,(H,40,48)(H,41,45)(H,42,47)/t27-,31+,32?,38-/m1/s1. The molecule has 2 aromatic rings. The molecule has 13 nitrogen and oxygen atoms in total. The summed E-state index contributed by atoms with van der Waals surface area (Å²) >= 11 is 0. The summed E-state index contributed by atoms with van der Waals surface area (Å²) in [6.07, 6.45) is 5.14. The van der Waals surface area contributed by atoms with E-state index in [0.717, 1.165) is 42.5 Å². The maximum absolute atomic E-state index is 14.5. The Labute approximate surface area is 304 Å². The Morgan fingerprint density at radius 3 is 2.15 bits per heavy atom. The highest BCUT2D eigenvalue weighted by molar-refractivity contribution is 7.91. The minimum absolute atomic E-state index is 0.000785. The molecule has 1 aliphatic heterocycles. The second-order valence-electron chi connectivity index (χ2n) is 15.4. The number of sulfonamides is 1. The molecule has 4 aliphatic rings. The molecule has 3 aliphatic carbocycles. The number of carbonyl (C=O) groups excluding carboxylic acids is 4. The maximum atomic E-state index is 14.5. The number of benzene rings is 2. The molecule has 14 heteroatoms. The van der Waals surface area contributed by atoms with E-state index in [-0.39, 0.29) is 25.7 Å². The third kappa shape index (κ3) is 7.79. The van der Waals surface area contributed by atoms with Gasteiger partial charge in [-0.2, -0.15) is 5.26 Å². The quantitative estimate of drug-likeness (QED) is 0.289. The van der Waals surface area contributed by atoms with E-state index in [1.165, 1.54) is 11.0 Å². The summed E-state index contributed by atoms with van der Waals surface area (Å²) in [6, 6.07) is 14.7. The molecule has 0 aromatic heterocycles. The van der Waals surface area contributed by atoms with Crippen molar-refractivity contribution >= 4 is 39.5 Å². The first-order chi connectivity index (χ1) is 24.6. The molecule has 4 amide bonds. The second kappa shape index (κ2) is 14.3. The number of hydrogen-bond donors (Lipinski definition) is 3. The summed E-state index contributed by atoms with van der Waals surface area (Å²) in [4.78, 5) is 58.5. The maximum Gasteiger partial charge on any atom is 0.408 e. The van der Waals surface area contributed by atoms with Gasteiger partial charge in [-0.05, 0) is 85.8 Å². The van der Waals surface area contributed by atoms with Gasteiger partial charge in [-0.15, -0.1) is 6.58 Å². The highest BCUT2D eigenvalue weighted by Crippen LogP contribution is 2.45. The summed E-state index contributed by atoms with van der Waals surface area (Å²) in [6.45, 7) is 9.28. The van der Waals surface area contributed by atoms with E-state index in [9.17, 15) is 27.6 Å². The van der Waals surface area contributed by atoms with E-state index in [1.807, 2.05) is 62.1 Å². The highest BCUT2D eigenvalue weighted by atomic mass is 32.2. The Morgan fingerprint density at radius 2 is 1.62 bits per heavy atom. The van der Waals surface area contributed by atoms with Crippen molar-refractivity contribution in [1.29, 1.82) is 5.26 Å². The predicted molar refractivity (Wildman–Crippen MR) is 194 cm³/mol. The smallest absolute Gasteiger partial charge is 0.408 e. The molecule has 1 heterocycles. The Hall–Kier alpha value is -4.90. The van der Waals surface area contributed by atoms with Gasteiger partial charge >= 0.3 is 6.09 Å². The van der Waals surface area contributed by atoms with Crippen LogP contribution in [0, 0.1) is 22.7 Å². The number of ether oxygens (including phenoxy) is 1. The van der Waals surface area contributed by atoms with Gasteiger partial charge in [-0.1, -0.05) is 51.1 Å². The Kier molecular flexibility index (Phi) is 10.1. The molecule has 52 heavy (non-hydrogen) atoms. The monoisotopic (exact) mass is 730 g/mol. The topological polar surface area (TPSA) is 178 Å². The molecule has 1 saturated heterocycles. The molecule has 2 aromatic carbocycles. The van der Waals surface area contributed by atoms with Gasteiger partial charge in [-0.25, -0.2) is 13.2 Å². The van der Waals surface area contributed by atoms with Gasteiger partial charge in [0.2, 0.25) is 21.8 Å². The fourth-order valence-corrected chi connectivity index (χ4v) is 8.39. The van der Waals surface area contributed by atoms with Crippen molar-refractivity contribution in [3.05, 3.63) is 66.7 Å². The minimum Gasteiger partial charge on any atom is -0.446 e. The summed E-state index contributed by atoms with van der Waals surface area (Å²) < 4.78 is 33.2. The molecule has 3 saturated carbocycles. The van der Waals surface area contributed by atoms with E-state index in [4.69, 9.17) is 10.00 Å². The van der Waals surface area contributed by atoms with E-state index < -0.39 is 68.0 Å². The van der Waals surface area contributed by atoms with Crippen LogP contribution in [0.15, 0.2) is 61.2 Å². The molecule has 0 bridgehead atoms. The van der Waals surface area contributed by atoms with Crippen LogP contribution in [-0.2, 0) is 29.1 Å². The number of amides is 4. The molecular weight excluding hydrogens is 685 g/mol. The van der Waals surface area contributed by atoms with Crippen molar-refractivity contribution in [2.75, 3.05) is 18.1 Å². The molecule has 4 fully saturated rings. The number of carbonyl (C=O) groups is 4. The number of nitriles is 1. The van der Waals surface area contributed by atoms with Crippen molar-refractivity contribution in [3.63, 3.8) is 0 Å². The van der Waals surface area contributed by atoms with Gasteiger partial charge in [-0.3, -0.25) is 19.1 Å². The Bertz CT molecular complexity index is 1880. The van der Waals surface area contributed by atoms with Crippen LogP contribution in [0.5, 0.6) is 0 Å². The normalized spacial score (nSPS) is 23.7. The summed E-state index contributed by atoms with van der Waals surface area (Å²) in [5.74, 6) is -2.46. The summed E-state index contributed by atoms with van der Waals surface area (Å²) in [7, 11) is -3.88. The fraction of sp³-hybridized carbons (Fsp3) is 0.500. The lowest BCUT2D eigenvalue weighted by Crippen LogP contribution is -2.60. The van der Waals surface area contributed by atoms with E-state index in [2.05, 4.69) is 28.0 Å². The van der Waals surface area contributed by atoms with Crippen molar-refractivity contribution in [2.24, 2.45) is 11.3 Å². The van der Waals surface area contributed by atoms with Crippen LogP contribution in [0.1, 0.15) is 71.3 Å². The average Bonchev–Trinajstić information content (AvgIpc) is 3.99. The van der Waals surface area contributed by atoms with Crippen molar-refractivity contribution in [2.45, 2.75) is 94.7 Å². The minimum atomic E-state index is -3.88. The molecule has 4 atom stereocenters. The summed E-state index contributed by atoms with van der Waals surface area (Å²) in [5, 5.41) is 14.1. The zero-order valence-electron chi connectivity index (χ0n) is 29.8. The molecule has 0 spiro atoms. The van der Waals surface area contributed by atoms with Crippen LogP contribution >= 0.6 is 0 Å². The molecule has 276 valence electrons. The SMILES string of the molecule is C=C[C@@H]1C[C@]1(NC(=O)[C@@H]1CN(c2ccc(-c3ccc(C#N)cc3)cc2)CN1C(=O)C(NC(=O)OC1CCCC1)C(C)(C)C)C(=O)NS(=O)(=O)C1CC1. The van der Waals surface area contributed by atoms with Crippen LogP contribution in [-0.4, -0.2) is 79.3 Å². The highest BCUT2D eigenvalue weighted by Gasteiger charge is 2.62. The molecule has 1 unspecified atom stereocenters. The van der Waals surface area contributed by atoms with Crippen molar-refractivity contribution in [3.8, 4) is 17.2 Å². The van der Waals surface area contributed by atoms with E-state index in [1.54, 1.807) is 12.1 Å². The molecular formula is C38H46N6O7S. The zero-order valence-corrected chi connectivity index (χ0v) is 30.6. The number of nitrogens with zero attached hydrogens (tertiary/aromatic N) is 3. The van der Waals surface area contributed by atoms with E-state index in [0.29, 0.717) is 18.4 Å². The lowest BCUT2D eigenvalue weighted by atomic mass is 9.85. The third-order valence-corrected chi connectivity index (χ3v) is 12.3. The van der Waals surface area contributed by atoms with Gasteiger partial charge < -0.3 is 25.2 Å². The molecule has 3 N–H and O–H groups in total. The van der Waals surface area contributed by atoms with Crippen LogP contribution in [0.4, 0.5) is 10.5 Å². The average molecular weight is 731 g/mol. The summed E-state index contributed by atoms with van der Waals surface area (Å²) in [5.41, 5.74) is 0.800. The van der Waals surface area contributed by atoms with Crippen molar-refractivity contribution in [1.82, 2.24) is 20.3 Å². The van der Waals surface area contributed by atoms with Crippen LogP contribution in [0.25, 0.3) is 11.1 Å². The number of anilines is 1. The van der Waals surface area contributed by atoms with E-state index >= 15 is 0 Å². The Balaban J connectivity index is 1.26. The first-order valence-electron chi connectivity index (χ1n) is 17.8.